The van der Waals surface area contributed by atoms with E-state index in [0.29, 0.717) is 0 Å². The van der Waals surface area contributed by atoms with Crippen molar-refractivity contribution in [2.45, 2.75) is 65.3 Å². The number of hydrogen-bond donors (Lipinski definition) is 0. The molecule has 0 spiro atoms. The number of amides is 1. The van der Waals surface area contributed by atoms with Gasteiger partial charge in [-0.2, -0.15) is 5.26 Å². The van der Waals surface area contributed by atoms with Gasteiger partial charge in [0.15, 0.2) is 0 Å². The van der Waals surface area contributed by atoms with Crippen LogP contribution in [0, 0.1) is 11.3 Å². The molecule has 0 aliphatic carbocycles. The van der Waals surface area contributed by atoms with E-state index in [1.807, 2.05) is 6.07 Å². The molecule has 2 aliphatic rings. The van der Waals surface area contributed by atoms with Crippen LogP contribution in [0.15, 0.2) is 18.2 Å². The van der Waals surface area contributed by atoms with E-state index in [1.165, 1.54) is 32.9 Å². The molecule has 2 fully saturated rings. The van der Waals surface area contributed by atoms with Crippen LogP contribution in [0.1, 0.15) is 65.0 Å². The third-order valence-corrected chi connectivity index (χ3v) is 4.98. The zero-order chi connectivity index (χ0) is 29.5. The number of nitriles is 1. The van der Waals surface area contributed by atoms with Gasteiger partial charge in [0.05, 0.1) is 33.8 Å². The number of rotatable bonds is 2. The number of anilines is 1. The molecule has 1 aromatic carbocycles. The molecule has 2 aliphatic heterocycles. The average molecular weight is 421 g/mol. The summed E-state index contributed by atoms with van der Waals surface area (Å²) >= 11 is 0. The van der Waals surface area contributed by atoms with E-state index < -0.39 is 56.0 Å². The van der Waals surface area contributed by atoms with Gasteiger partial charge in [0.2, 0.25) is 0 Å². The first-order valence-electron chi connectivity index (χ1n) is 13.6. The number of hydrogen-bond acceptors (Lipinski definition) is 6. The van der Waals surface area contributed by atoms with Crippen LogP contribution in [0.4, 0.5) is 10.5 Å². The summed E-state index contributed by atoms with van der Waals surface area (Å²) in [5.74, 6) is 0. The van der Waals surface area contributed by atoms with Crippen molar-refractivity contribution in [2.24, 2.45) is 0 Å². The summed E-state index contributed by atoms with van der Waals surface area (Å²) in [4.78, 5) is 13.0. The van der Waals surface area contributed by atoms with Crippen LogP contribution in [0.5, 0.6) is 0 Å². The third-order valence-electron chi connectivity index (χ3n) is 4.98. The molecule has 1 aromatic rings. The van der Waals surface area contributed by atoms with E-state index in [-0.39, 0.29) is 26.5 Å². The highest BCUT2D eigenvalue weighted by Crippen LogP contribution is 2.36. The molecule has 0 bridgehead atoms. The summed E-state index contributed by atoms with van der Waals surface area (Å²) in [5.41, 5.74) is -2.90. The number of piperazine rings is 1. The summed E-state index contributed by atoms with van der Waals surface area (Å²) in [6, 6.07) is 5.69. The molecular weight excluding hydrogens is 381 g/mol. The number of carbonyl (C=O) groups is 1. The molecule has 1 amide bonds. The first kappa shape index (κ1) is 13.9. The predicted octanol–water partition coefficient (Wildman–Crippen LogP) is 2.91. The Hall–Kier alpha value is -2.24. The highest BCUT2D eigenvalue weighted by Gasteiger charge is 2.51. The predicted molar refractivity (Wildman–Crippen MR) is 117 cm³/mol. The van der Waals surface area contributed by atoms with Crippen LogP contribution in [0.2, 0.25) is 0 Å². The van der Waals surface area contributed by atoms with Crippen LogP contribution in [-0.2, 0) is 14.0 Å². The molecule has 0 saturated carbocycles. The van der Waals surface area contributed by atoms with Crippen molar-refractivity contribution in [3.05, 3.63) is 23.8 Å². The molecule has 8 heteroatoms. The Bertz CT molecular complexity index is 1140. The Balaban J connectivity index is 2.21. The SMILES string of the molecule is [2H]C1([2H])N(C(=O)OC(C)(C)C)C([2H])([2H])C([2H])([2H])N(c2cc(C#N)cc(B3OC(C)(C)C(C)(C)O3)c2)C1([2H])[2H]. The first-order valence-corrected chi connectivity index (χ1v) is 9.58. The first-order chi connectivity index (χ1) is 16.8. The van der Waals surface area contributed by atoms with Gasteiger partial charge in [-0.25, -0.2) is 4.79 Å². The zero-order valence-corrected chi connectivity index (χ0v) is 18.3. The minimum Gasteiger partial charge on any atom is -0.444 e. The Morgan fingerprint density at radius 1 is 1.13 bits per heavy atom. The monoisotopic (exact) mass is 421 g/mol. The molecule has 0 atom stereocenters. The molecular formula is C22H32BN3O4. The quantitative estimate of drug-likeness (QED) is 0.684. The van der Waals surface area contributed by atoms with Crippen LogP contribution >= 0.6 is 0 Å². The van der Waals surface area contributed by atoms with Gasteiger partial charge in [0, 0.05) is 31.7 Å². The summed E-state index contributed by atoms with van der Waals surface area (Å²) in [5, 5.41) is 9.67. The minimum absolute atomic E-state index is 0.0468. The molecule has 0 aromatic heterocycles. The maximum atomic E-state index is 12.9. The molecule has 2 heterocycles. The Morgan fingerprint density at radius 3 is 2.20 bits per heavy atom. The highest BCUT2D eigenvalue weighted by atomic mass is 16.7. The fourth-order valence-corrected chi connectivity index (χ4v) is 2.73. The number of nitrogens with zero attached hydrogens (tertiary/aromatic N) is 3. The maximum absolute atomic E-state index is 12.9. The van der Waals surface area contributed by atoms with Gasteiger partial charge in [0.25, 0.3) is 0 Å². The molecule has 7 nitrogen and oxygen atoms in total. The van der Waals surface area contributed by atoms with Crippen molar-refractivity contribution < 1.29 is 29.8 Å². The van der Waals surface area contributed by atoms with Gasteiger partial charge in [0.1, 0.15) is 5.60 Å². The van der Waals surface area contributed by atoms with E-state index in [9.17, 15) is 10.1 Å². The Kier molecular flexibility index (Phi) is 3.62. The van der Waals surface area contributed by atoms with Crippen LogP contribution in [0.3, 0.4) is 0 Å². The Morgan fingerprint density at radius 2 is 1.70 bits per heavy atom. The largest absolute Gasteiger partial charge is 0.494 e. The second-order valence-corrected chi connectivity index (χ2v) is 9.11. The minimum atomic E-state index is -3.43. The molecule has 0 radical (unpaired) electrons. The van der Waals surface area contributed by atoms with Gasteiger partial charge in [-0.15, -0.1) is 0 Å². The summed E-state index contributed by atoms with van der Waals surface area (Å²) in [6.07, 6.45) is -1.57. The number of carbonyl (C=O) groups excluding carboxylic acids is 1. The molecule has 162 valence electrons. The van der Waals surface area contributed by atoms with Crippen LogP contribution < -0.4 is 10.4 Å². The lowest BCUT2D eigenvalue weighted by Gasteiger charge is -2.37. The van der Waals surface area contributed by atoms with Crippen molar-refractivity contribution in [1.82, 2.24) is 4.90 Å². The lowest BCUT2D eigenvalue weighted by molar-refractivity contribution is 0.00578. The smallest absolute Gasteiger partial charge is 0.444 e. The van der Waals surface area contributed by atoms with E-state index in [1.54, 1.807) is 27.7 Å². The Labute approximate surface area is 191 Å². The molecule has 30 heavy (non-hydrogen) atoms. The van der Waals surface area contributed by atoms with E-state index in [2.05, 4.69) is 0 Å². The van der Waals surface area contributed by atoms with Gasteiger partial charge in [-0.3, -0.25) is 0 Å². The summed E-state index contributed by atoms with van der Waals surface area (Å²) in [7, 11) is -1.03. The fraction of sp³-hybridized carbons (Fsp3) is 0.636. The average Bonchev–Trinajstić information content (AvgIpc) is 2.91. The van der Waals surface area contributed by atoms with E-state index >= 15 is 0 Å². The van der Waals surface area contributed by atoms with Crippen LogP contribution in [-0.4, -0.2) is 60.9 Å². The fourth-order valence-electron chi connectivity index (χ4n) is 2.73. The third kappa shape index (κ3) is 4.74. The standard InChI is InChI=1S/C22H32BN3O4/c1-20(2,3)28-19(27)26-10-8-25(9-11-26)18-13-16(15-24)12-17(14-18)23-29-21(4,5)22(6,7)30-23/h12-14H,8-11H2,1-7H3/i8D2,9D2,10D2,11D2. The second-order valence-electron chi connectivity index (χ2n) is 9.11. The van der Waals surface area contributed by atoms with Gasteiger partial charge in [-0.05, 0) is 72.1 Å². The lowest BCUT2D eigenvalue weighted by Crippen LogP contribution is -2.50. The van der Waals surface area contributed by atoms with Crippen LogP contribution in [0.25, 0.3) is 0 Å². The molecule has 2 saturated heterocycles. The normalized spacial score (nSPS) is 31.5. The molecule has 0 N–H and O–H groups in total. The summed E-state index contributed by atoms with van der Waals surface area (Å²) in [6.45, 7) is -1.97. The zero-order valence-electron chi connectivity index (χ0n) is 26.3. The van der Waals surface area contributed by atoms with Crippen molar-refractivity contribution in [3.8, 4) is 6.07 Å². The second kappa shape index (κ2) is 7.79. The van der Waals surface area contributed by atoms with Gasteiger partial charge in [-0.1, -0.05) is 0 Å². The van der Waals surface area contributed by atoms with Crippen molar-refractivity contribution in [1.29, 1.82) is 5.26 Å². The van der Waals surface area contributed by atoms with Gasteiger partial charge < -0.3 is 23.8 Å². The maximum Gasteiger partial charge on any atom is 0.494 e. The lowest BCUT2D eigenvalue weighted by atomic mass is 9.78. The van der Waals surface area contributed by atoms with E-state index in [0.717, 1.165) is 6.07 Å². The number of benzene rings is 1. The highest BCUT2D eigenvalue weighted by molar-refractivity contribution is 6.62. The topological polar surface area (TPSA) is 75.0 Å². The van der Waals surface area contributed by atoms with Crippen molar-refractivity contribution in [3.63, 3.8) is 0 Å². The van der Waals surface area contributed by atoms with E-state index in [4.69, 9.17) is 25.0 Å². The number of ether oxygens (including phenoxy) is 1. The van der Waals surface area contributed by atoms with Gasteiger partial charge >= 0.3 is 13.2 Å². The summed E-state index contributed by atoms with van der Waals surface area (Å²) < 4.78 is 85.8. The molecule has 3 rings (SSSR count). The molecule has 0 unspecified atom stereocenters. The van der Waals surface area contributed by atoms with Crippen molar-refractivity contribution in [2.75, 3.05) is 30.9 Å². The van der Waals surface area contributed by atoms with Crippen molar-refractivity contribution >= 4 is 24.4 Å².